The largest absolute Gasteiger partial charge is 0.372 e. The predicted molar refractivity (Wildman–Crippen MR) is 225 cm³/mol. The summed E-state index contributed by atoms with van der Waals surface area (Å²) in [4.78, 5) is 0. The van der Waals surface area contributed by atoms with Gasteiger partial charge in [-0.05, 0) is 0 Å². The van der Waals surface area contributed by atoms with Gasteiger partial charge in [0.1, 0.15) is 78.4 Å². The Kier molecular flexibility index (Phi) is 8.05. The minimum Gasteiger partial charge on any atom is -0.372 e. The highest BCUT2D eigenvalue weighted by Gasteiger charge is 2.98. The predicted octanol–water partition coefficient (Wildman–Crippen LogP) is 2.23. The zero-order valence-electron chi connectivity index (χ0n) is 39.3. The zero-order chi connectivity index (χ0) is 44.9. The van der Waals surface area contributed by atoms with Crippen LogP contribution in [0.15, 0.2) is 0 Å². The molecule has 18 nitrogen and oxygen atoms in total. The Bertz CT molecular complexity index is 2140. The minimum atomic E-state index is -1.17. The summed E-state index contributed by atoms with van der Waals surface area (Å²) in [5.74, 6) is -1.17. The Balaban J connectivity index is 0.832. The number of rotatable bonds is 0. The molecule has 0 aliphatic carbocycles. The van der Waals surface area contributed by atoms with E-state index in [-0.39, 0.29) is 6.42 Å². The lowest BCUT2D eigenvalue weighted by atomic mass is 9.47. The summed E-state index contributed by atoms with van der Waals surface area (Å²) in [6, 6.07) is 0. The second kappa shape index (κ2) is 12.8. The topological polar surface area (TPSA) is 177 Å². The zero-order valence-corrected chi connectivity index (χ0v) is 39.3. The molecule has 17 aliphatic rings. The molecule has 0 aromatic carbocycles. The van der Waals surface area contributed by atoms with Crippen LogP contribution in [-0.2, 0) is 80.5 Å². The first-order valence-corrected chi connectivity index (χ1v) is 26.8. The summed E-state index contributed by atoms with van der Waals surface area (Å²) in [6.45, 7) is 7.83. The summed E-state index contributed by atoms with van der Waals surface area (Å²) in [7, 11) is 0. The molecule has 0 aromatic heterocycles. The van der Waals surface area contributed by atoms with E-state index in [2.05, 4.69) is 0 Å². The Morgan fingerprint density at radius 2 is 0.397 bits per heavy atom. The Morgan fingerprint density at radius 1 is 0.221 bits per heavy atom. The van der Waals surface area contributed by atoms with Gasteiger partial charge in [-0.15, -0.1) is 0 Å². The van der Waals surface area contributed by atoms with Gasteiger partial charge < -0.3 is 85.6 Å². The molecule has 0 radical (unpaired) electrons. The maximum atomic E-state index is 10.7. The van der Waals surface area contributed by atoms with E-state index < -0.39 is 96.1 Å². The smallest absolute Gasteiger partial charge is 0.208 e. The van der Waals surface area contributed by atoms with Gasteiger partial charge in [0.15, 0.2) is 11.9 Å². The number of fused-ring (bicyclic) bond motifs is 15. The molecule has 68 heavy (non-hydrogen) atoms. The summed E-state index contributed by atoms with van der Waals surface area (Å²) >= 11 is 0. The molecule has 17 fully saturated rings. The first-order chi connectivity index (χ1) is 33.2. The van der Waals surface area contributed by atoms with Crippen molar-refractivity contribution < 1.29 is 85.6 Å². The number of aliphatic hydroxyl groups excluding tert-OH is 1. The van der Waals surface area contributed by atoms with Gasteiger partial charge >= 0.3 is 0 Å². The van der Waals surface area contributed by atoms with Crippen molar-refractivity contribution in [3.8, 4) is 0 Å². The highest BCUT2D eigenvalue weighted by atomic mass is 16.8. The monoisotopic (exact) mass is 956 g/mol. The van der Waals surface area contributed by atoms with Crippen molar-refractivity contribution in [2.45, 2.75) is 205 Å². The Labute approximate surface area is 395 Å². The molecule has 18 heteroatoms. The lowest BCUT2D eigenvalue weighted by Gasteiger charge is -2.66. The number of hydrogen-bond donors (Lipinski definition) is 1. The van der Waals surface area contributed by atoms with Crippen LogP contribution < -0.4 is 0 Å². The van der Waals surface area contributed by atoms with Crippen molar-refractivity contribution in [3.05, 3.63) is 0 Å². The summed E-state index contributed by atoms with van der Waals surface area (Å²) < 4.78 is 124. The first kappa shape index (κ1) is 42.6. The fraction of sp³-hybridized carbons (Fsp3) is 1.00. The number of aliphatic hydroxyl groups is 1. The van der Waals surface area contributed by atoms with Crippen LogP contribution >= 0.6 is 0 Å². The molecule has 17 aliphatic heterocycles. The van der Waals surface area contributed by atoms with E-state index in [0.29, 0.717) is 183 Å². The van der Waals surface area contributed by atoms with E-state index in [9.17, 15) is 5.11 Å². The molecule has 0 aromatic rings. The molecule has 0 saturated carbocycles. The molecule has 17 heterocycles. The molecular formula is C50H68O18. The van der Waals surface area contributed by atoms with E-state index in [1.165, 1.54) is 0 Å². The highest BCUT2D eigenvalue weighted by molar-refractivity contribution is 5.47. The number of ether oxygens (including phenoxy) is 17. The number of hydrogen-bond acceptors (Lipinski definition) is 18. The standard InChI is InChI=1S/C50H68O18/c51-34-33-50(68-34)49(16-32-67-50)48(15-31-66-49)47(14-30-65-48)46(13-29-64-47)45(12-28-63-46)44(11-27-62-45)43(10-26-61-44)42(9-25-60-43)41(8-24-59-42)40(7-23-58-41)39(6-22-57-40)38(5-21-56-39)37(4-20-55-38)36(3-19-54-37)35(1-17-52-35)2-18-53-36/h34,51H,1-33H2. The van der Waals surface area contributed by atoms with E-state index in [1.54, 1.807) is 0 Å². The van der Waals surface area contributed by atoms with Crippen LogP contribution in [0.25, 0.3) is 0 Å². The molecule has 17 unspecified atom stereocenters. The van der Waals surface area contributed by atoms with Crippen LogP contribution in [0, 0.1) is 0 Å². The molecule has 16 spiro atoms. The van der Waals surface area contributed by atoms with Gasteiger partial charge in [0.25, 0.3) is 0 Å². The molecule has 17 saturated heterocycles. The molecule has 1 N–H and O–H groups in total. The van der Waals surface area contributed by atoms with E-state index in [1.807, 2.05) is 0 Å². The van der Waals surface area contributed by atoms with E-state index in [0.717, 1.165) is 25.9 Å². The van der Waals surface area contributed by atoms with Crippen LogP contribution in [0.3, 0.4) is 0 Å². The van der Waals surface area contributed by atoms with Crippen molar-refractivity contribution >= 4 is 0 Å². The molecular weight excluding hydrogens is 889 g/mol. The van der Waals surface area contributed by atoms with E-state index >= 15 is 0 Å². The highest BCUT2D eigenvalue weighted by Crippen LogP contribution is 2.80. The van der Waals surface area contributed by atoms with Crippen molar-refractivity contribution in [2.24, 2.45) is 0 Å². The van der Waals surface area contributed by atoms with Gasteiger partial charge in [0, 0.05) is 103 Å². The van der Waals surface area contributed by atoms with Crippen molar-refractivity contribution in [1.82, 2.24) is 0 Å². The molecule has 17 rings (SSSR count). The lowest BCUT2D eigenvalue weighted by molar-refractivity contribution is -0.440. The van der Waals surface area contributed by atoms with Gasteiger partial charge in [-0.3, -0.25) is 0 Å². The Hall–Kier alpha value is -0.720. The maximum Gasteiger partial charge on any atom is 0.208 e. The second-order valence-electron chi connectivity index (χ2n) is 23.7. The minimum absolute atomic E-state index is 0.285. The fourth-order valence-electron chi connectivity index (χ4n) is 22.1. The van der Waals surface area contributed by atoms with Gasteiger partial charge in [0.2, 0.25) is 5.79 Å². The molecule has 0 bridgehead atoms. The lowest BCUT2D eigenvalue weighted by Crippen LogP contribution is -2.87. The quantitative estimate of drug-likeness (QED) is 0.374. The Morgan fingerprint density at radius 3 is 0.676 bits per heavy atom. The fourth-order valence-corrected chi connectivity index (χ4v) is 22.1. The van der Waals surface area contributed by atoms with Gasteiger partial charge in [0.05, 0.1) is 112 Å². The van der Waals surface area contributed by atoms with Gasteiger partial charge in [-0.25, -0.2) is 0 Å². The first-order valence-electron chi connectivity index (χ1n) is 26.8. The third-order valence-corrected chi connectivity index (χ3v) is 23.6. The maximum absolute atomic E-state index is 10.7. The van der Waals surface area contributed by atoms with Crippen molar-refractivity contribution in [2.75, 3.05) is 106 Å². The summed E-state index contributed by atoms with van der Waals surface area (Å²) in [5, 5.41) is 10.7. The molecule has 17 atom stereocenters. The average molecular weight is 957 g/mol. The SMILES string of the molecule is OC1CC2(OCCC23OCCC32OCCC23OCCC32OCCC23OCCC32OCCC23OCCC32OCCC23OCCC32OCCC23OCCC32OCCC23OCCC32OCCC23CCO3)O1. The van der Waals surface area contributed by atoms with Crippen LogP contribution in [0.4, 0.5) is 0 Å². The van der Waals surface area contributed by atoms with Crippen LogP contribution in [0.2, 0.25) is 0 Å². The van der Waals surface area contributed by atoms with Gasteiger partial charge in [-0.2, -0.15) is 0 Å². The third-order valence-electron chi connectivity index (χ3n) is 23.6. The molecule has 376 valence electrons. The van der Waals surface area contributed by atoms with Crippen LogP contribution in [-0.4, -0.2) is 207 Å². The van der Waals surface area contributed by atoms with Crippen LogP contribution in [0.5, 0.6) is 0 Å². The van der Waals surface area contributed by atoms with Crippen LogP contribution in [0.1, 0.15) is 109 Å². The second-order valence-corrected chi connectivity index (χ2v) is 23.7. The summed E-state index contributed by atoms with van der Waals surface area (Å²) in [6.07, 6.45) is 9.53. The van der Waals surface area contributed by atoms with Crippen molar-refractivity contribution in [3.63, 3.8) is 0 Å². The third kappa shape index (κ3) is 3.64. The van der Waals surface area contributed by atoms with Crippen molar-refractivity contribution in [1.29, 1.82) is 0 Å². The normalized spacial score (nSPS) is 64.5. The average Bonchev–Trinajstić information content (AvgIpc) is 4.15. The summed E-state index contributed by atoms with van der Waals surface area (Å²) in [5.41, 5.74) is -14.3. The van der Waals surface area contributed by atoms with E-state index in [4.69, 9.17) is 80.5 Å². The van der Waals surface area contributed by atoms with Gasteiger partial charge in [-0.1, -0.05) is 0 Å². The molecule has 0 amide bonds.